The number of quaternary nitrogens is 1. The van der Waals surface area contributed by atoms with Crippen molar-refractivity contribution in [3.05, 3.63) is 65.2 Å². The molecule has 0 bridgehead atoms. The van der Waals surface area contributed by atoms with E-state index in [0.29, 0.717) is 19.6 Å². The van der Waals surface area contributed by atoms with Gasteiger partial charge < -0.3 is 10.2 Å². The number of nitrogens with two attached hydrogens (primary N) is 1. The number of benzene rings is 2. The van der Waals surface area contributed by atoms with E-state index in [-0.39, 0.29) is 35.0 Å². The second kappa shape index (κ2) is 9.05. The molecule has 1 atom stereocenters. The van der Waals surface area contributed by atoms with Gasteiger partial charge in [-0.1, -0.05) is 54.1 Å². The summed E-state index contributed by atoms with van der Waals surface area (Å²) in [5.74, 6) is 0.0255. The van der Waals surface area contributed by atoms with Crippen LogP contribution in [0.5, 0.6) is 0 Å². The SMILES string of the molecule is C[C@H]([NH2+]CC(=O)N1CCN(S(=O)(=O)c2ccccc2Cl)CC1)c1ccccc1. The maximum atomic E-state index is 12.8. The molecule has 8 heteroatoms. The number of nitrogens with zero attached hydrogens (tertiary/aromatic N) is 2. The monoisotopic (exact) mass is 422 g/mol. The van der Waals surface area contributed by atoms with Gasteiger partial charge >= 0.3 is 0 Å². The molecule has 2 aromatic carbocycles. The van der Waals surface area contributed by atoms with E-state index in [0.717, 1.165) is 0 Å². The van der Waals surface area contributed by atoms with Crippen LogP contribution < -0.4 is 5.32 Å². The fourth-order valence-electron chi connectivity index (χ4n) is 3.27. The van der Waals surface area contributed by atoms with E-state index in [1.807, 2.05) is 35.6 Å². The van der Waals surface area contributed by atoms with Crippen LogP contribution in [-0.2, 0) is 14.8 Å². The number of hydrogen-bond acceptors (Lipinski definition) is 3. The Balaban J connectivity index is 1.53. The lowest BCUT2D eigenvalue weighted by molar-refractivity contribution is -0.683. The number of carbonyl (C=O) groups is 1. The fourth-order valence-corrected chi connectivity index (χ4v) is 5.19. The van der Waals surface area contributed by atoms with Gasteiger partial charge in [0.25, 0.3) is 5.91 Å². The van der Waals surface area contributed by atoms with Crippen molar-refractivity contribution in [1.29, 1.82) is 0 Å². The Bertz CT molecular complexity index is 913. The first kappa shape index (κ1) is 20.8. The highest BCUT2D eigenvalue weighted by Gasteiger charge is 2.31. The summed E-state index contributed by atoms with van der Waals surface area (Å²) >= 11 is 6.05. The van der Waals surface area contributed by atoms with E-state index in [9.17, 15) is 13.2 Å². The molecule has 1 saturated heterocycles. The van der Waals surface area contributed by atoms with Crippen LogP contribution in [0.2, 0.25) is 5.02 Å². The van der Waals surface area contributed by atoms with Gasteiger partial charge in [0.15, 0.2) is 6.54 Å². The lowest BCUT2D eigenvalue weighted by Crippen LogP contribution is -2.87. The number of sulfonamides is 1. The topological polar surface area (TPSA) is 74.3 Å². The third kappa shape index (κ3) is 4.72. The molecule has 1 aliphatic heterocycles. The van der Waals surface area contributed by atoms with Gasteiger partial charge in [-0.25, -0.2) is 8.42 Å². The zero-order valence-corrected chi connectivity index (χ0v) is 17.4. The number of hydrogen-bond donors (Lipinski definition) is 1. The summed E-state index contributed by atoms with van der Waals surface area (Å²) in [6.45, 7) is 3.72. The Morgan fingerprint density at radius 3 is 2.29 bits per heavy atom. The van der Waals surface area contributed by atoms with Crippen molar-refractivity contribution in [2.45, 2.75) is 17.9 Å². The van der Waals surface area contributed by atoms with E-state index in [1.54, 1.807) is 23.1 Å². The van der Waals surface area contributed by atoms with Crippen LogP contribution in [0, 0.1) is 0 Å². The van der Waals surface area contributed by atoms with Gasteiger partial charge in [0.05, 0.1) is 5.02 Å². The van der Waals surface area contributed by atoms with Gasteiger partial charge in [0.2, 0.25) is 10.0 Å². The zero-order valence-electron chi connectivity index (χ0n) is 15.8. The van der Waals surface area contributed by atoms with Gasteiger partial charge in [-0.05, 0) is 19.1 Å². The first-order valence-electron chi connectivity index (χ1n) is 9.30. The molecule has 0 spiro atoms. The molecule has 2 N–H and O–H groups in total. The molecule has 1 heterocycles. The Hall–Kier alpha value is -1.93. The van der Waals surface area contributed by atoms with Crippen molar-refractivity contribution in [3.63, 3.8) is 0 Å². The quantitative estimate of drug-likeness (QED) is 0.766. The molecule has 0 aromatic heterocycles. The number of rotatable bonds is 6. The zero-order chi connectivity index (χ0) is 20.1. The summed E-state index contributed by atoms with van der Waals surface area (Å²) in [7, 11) is -3.65. The normalized spacial score (nSPS) is 16.7. The second-order valence-electron chi connectivity index (χ2n) is 6.85. The number of carbonyl (C=O) groups excluding carboxylic acids is 1. The third-order valence-corrected chi connectivity index (χ3v) is 7.42. The Morgan fingerprint density at radius 1 is 1.04 bits per heavy atom. The van der Waals surface area contributed by atoms with Gasteiger partial charge in [-0.3, -0.25) is 4.79 Å². The van der Waals surface area contributed by atoms with Crippen molar-refractivity contribution in [2.75, 3.05) is 32.7 Å². The second-order valence-corrected chi connectivity index (χ2v) is 9.17. The minimum atomic E-state index is -3.65. The molecule has 1 amide bonds. The van der Waals surface area contributed by atoms with E-state index in [4.69, 9.17) is 11.6 Å². The first-order chi connectivity index (χ1) is 13.4. The maximum absolute atomic E-state index is 12.8. The molecule has 3 rings (SSSR count). The summed E-state index contributed by atoms with van der Waals surface area (Å²) in [6, 6.07) is 16.7. The highest BCUT2D eigenvalue weighted by molar-refractivity contribution is 7.89. The van der Waals surface area contributed by atoms with Gasteiger partial charge in [-0.15, -0.1) is 0 Å². The highest BCUT2D eigenvalue weighted by Crippen LogP contribution is 2.24. The molecular formula is C20H25ClN3O3S+. The lowest BCUT2D eigenvalue weighted by atomic mass is 10.1. The van der Waals surface area contributed by atoms with Crippen LogP contribution in [0.25, 0.3) is 0 Å². The molecule has 0 saturated carbocycles. The molecule has 0 unspecified atom stereocenters. The van der Waals surface area contributed by atoms with Crippen molar-refractivity contribution in [2.24, 2.45) is 0 Å². The summed E-state index contributed by atoms with van der Waals surface area (Å²) < 4.78 is 27.0. The summed E-state index contributed by atoms with van der Waals surface area (Å²) in [5.41, 5.74) is 1.17. The minimum Gasteiger partial charge on any atom is -0.335 e. The van der Waals surface area contributed by atoms with Crippen molar-refractivity contribution < 1.29 is 18.5 Å². The van der Waals surface area contributed by atoms with Gasteiger partial charge in [0, 0.05) is 31.7 Å². The summed E-state index contributed by atoms with van der Waals surface area (Å²) in [4.78, 5) is 14.4. The Labute approximate surface area is 171 Å². The molecule has 1 fully saturated rings. The Kier molecular flexibility index (Phi) is 6.72. The van der Waals surface area contributed by atoms with Gasteiger partial charge in [0.1, 0.15) is 10.9 Å². The maximum Gasteiger partial charge on any atom is 0.277 e. The van der Waals surface area contributed by atoms with Crippen molar-refractivity contribution in [3.8, 4) is 0 Å². The first-order valence-corrected chi connectivity index (χ1v) is 11.1. The van der Waals surface area contributed by atoms with Gasteiger partial charge in [-0.2, -0.15) is 4.31 Å². The largest absolute Gasteiger partial charge is 0.335 e. The molecule has 1 aliphatic rings. The fraction of sp³-hybridized carbons (Fsp3) is 0.350. The highest BCUT2D eigenvalue weighted by atomic mass is 35.5. The molecule has 2 aromatic rings. The number of halogens is 1. The molecule has 150 valence electrons. The van der Waals surface area contributed by atoms with Crippen LogP contribution in [0.4, 0.5) is 0 Å². The predicted octanol–water partition coefficient (Wildman–Crippen LogP) is 1.50. The average Bonchev–Trinajstić information content (AvgIpc) is 2.72. The minimum absolute atomic E-state index is 0.0255. The molecule has 0 radical (unpaired) electrons. The van der Waals surface area contributed by atoms with Crippen LogP contribution in [-0.4, -0.2) is 56.3 Å². The summed E-state index contributed by atoms with van der Waals surface area (Å²) in [5, 5.41) is 2.22. The standard InChI is InChI=1S/C20H24ClN3O3S/c1-16(17-7-3-2-4-8-17)22-15-20(25)23-11-13-24(14-12-23)28(26,27)19-10-6-5-9-18(19)21/h2-10,16,22H,11-15H2,1H3/p+1/t16-/m0/s1. The van der Waals surface area contributed by atoms with Crippen molar-refractivity contribution in [1.82, 2.24) is 9.21 Å². The van der Waals surface area contributed by atoms with E-state index in [2.05, 4.69) is 6.92 Å². The van der Waals surface area contributed by atoms with E-state index >= 15 is 0 Å². The number of amides is 1. The average molecular weight is 423 g/mol. The van der Waals surface area contributed by atoms with E-state index < -0.39 is 10.0 Å². The molecule has 6 nitrogen and oxygen atoms in total. The van der Waals surface area contributed by atoms with Crippen LogP contribution in [0.3, 0.4) is 0 Å². The van der Waals surface area contributed by atoms with Crippen LogP contribution in [0.1, 0.15) is 18.5 Å². The third-order valence-electron chi connectivity index (χ3n) is 5.02. The molecule has 0 aliphatic carbocycles. The predicted molar refractivity (Wildman–Crippen MR) is 108 cm³/mol. The lowest BCUT2D eigenvalue weighted by Gasteiger charge is -2.33. The van der Waals surface area contributed by atoms with Crippen LogP contribution in [0.15, 0.2) is 59.5 Å². The molecule has 28 heavy (non-hydrogen) atoms. The van der Waals surface area contributed by atoms with Crippen LogP contribution >= 0.6 is 11.6 Å². The Morgan fingerprint density at radius 2 is 1.64 bits per heavy atom. The van der Waals surface area contributed by atoms with Crippen molar-refractivity contribution >= 4 is 27.5 Å². The van der Waals surface area contributed by atoms with E-state index in [1.165, 1.54) is 15.9 Å². The number of piperazine rings is 1. The smallest absolute Gasteiger partial charge is 0.277 e. The summed E-state index contributed by atoms with van der Waals surface area (Å²) in [6.07, 6.45) is 0. The molecular weight excluding hydrogens is 398 g/mol.